The van der Waals surface area contributed by atoms with Gasteiger partial charge in [0.05, 0.1) is 11.3 Å². The summed E-state index contributed by atoms with van der Waals surface area (Å²) in [6, 6.07) is 9.65. The van der Waals surface area contributed by atoms with Crippen LogP contribution in [0.5, 0.6) is 0 Å². The smallest absolute Gasteiger partial charge is 0.300 e. The molecule has 3 N–H and O–H groups in total. The molecule has 1 aromatic carbocycles. The van der Waals surface area contributed by atoms with E-state index in [1.54, 1.807) is 12.3 Å². The molecule has 1 aliphatic heterocycles. The van der Waals surface area contributed by atoms with E-state index in [9.17, 15) is 14.0 Å². The number of carbonyl (C=O) groups is 3. The van der Waals surface area contributed by atoms with E-state index in [4.69, 9.17) is 9.90 Å². The molecule has 1 amide bonds. The third-order valence-electron chi connectivity index (χ3n) is 4.48. The van der Waals surface area contributed by atoms with Gasteiger partial charge in [-0.15, -0.1) is 0 Å². The second-order valence-corrected chi connectivity index (χ2v) is 6.81. The van der Waals surface area contributed by atoms with E-state index in [-0.39, 0.29) is 11.7 Å². The van der Waals surface area contributed by atoms with Crippen molar-refractivity contribution in [3.05, 3.63) is 65.2 Å². The Morgan fingerprint density at radius 1 is 1.10 bits per heavy atom. The number of hydrogen-bond acceptors (Lipinski definition) is 4. The van der Waals surface area contributed by atoms with Crippen LogP contribution in [0.15, 0.2) is 42.6 Å². The SMILES string of the molecule is CC(=O)O.CC(=O)c1cc(F)cc(-c2cc(-c3cc4c([nH]3)CCNC4=O)ccn2)c1. The molecule has 1 aliphatic rings. The Morgan fingerprint density at radius 3 is 2.50 bits per heavy atom. The van der Waals surface area contributed by atoms with Gasteiger partial charge in [-0.1, -0.05) is 0 Å². The van der Waals surface area contributed by atoms with E-state index in [0.29, 0.717) is 28.9 Å². The molecule has 0 saturated heterocycles. The first-order chi connectivity index (χ1) is 14.2. The van der Waals surface area contributed by atoms with E-state index in [1.807, 2.05) is 18.2 Å². The van der Waals surface area contributed by atoms with Crippen LogP contribution < -0.4 is 5.32 Å². The van der Waals surface area contributed by atoms with Gasteiger partial charge in [-0.3, -0.25) is 19.4 Å². The van der Waals surface area contributed by atoms with Crippen LogP contribution >= 0.6 is 0 Å². The molecular weight excluding hydrogens is 389 g/mol. The van der Waals surface area contributed by atoms with E-state index < -0.39 is 11.8 Å². The van der Waals surface area contributed by atoms with Crippen molar-refractivity contribution < 1.29 is 23.9 Å². The predicted molar refractivity (Wildman–Crippen MR) is 109 cm³/mol. The van der Waals surface area contributed by atoms with Crippen molar-refractivity contribution in [2.24, 2.45) is 0 Å². The second-order valence-electron chi connectivity index (χ2n) is 6.81. The molecular formula is C22H20FN3O4. The highest BCUT2D eigenvalue weighted by atomic mass is 19.1. The first-order valence-electron chi connectivity index (χ1n) is 9.22. The van der Waals surface area contributed by atoms with Crippen LogP contribution in [0.4, 0.5) is 4.39 Å². The molecule has 8 heteroatoms. The number of nitrogens with zero attached hydrogens (tertiary/aromatic N) is 1. The lowest BCUT2D eigenvalue weighted by Crippen LogP contribution is -2.31. The number of carboxylic acid groups (broad SMARTS) is 1. The minimum atomic E-state index is -0.833. The third kappa shape index (κ3) is 4.78. The molecule has 30 heavy (non-hydrogen) atoms. The number of aliphatic carboxylic acids is 1. The Morgan fingerprint density at radius 2 is 1.83 bits per heavy atom. The Labute approximate surface area is 172 Å². The highest BCUT2D eigenvalue weighted by molar-refractivity contribution is 5.98. The Bertz CT molecular complexity index is 1130. The maximum absolute atomic E-state index is 13.9. The van der Waals surface area contributed by atoms with Crippen LogP contribution in [0.3, 0.4) is 0 Å². The van der Waals surface area contributed by atoms with Gasteiger partial charge in [-0.2, -0.15) is 0 Å². The number of pyridine rings is 1. The predicted octanol–water partition coefficient (Wildman–Crippen LogP) is 3.46. The van der Waals surface area contributed by atoms with Crippen molar-refractivity contribution in [2.75, 3.05) is 6.54 Å². The molecule has 0 aliphatic carbocycles. The lowest BCUT2D eigenvalue weighted by molar-refractivity contribution is -0.134. The molecule has 0 unspecified atom stereocenters. The van der Waals surface area contributed by atoms with Gasteiger partial charge in [0, 0.05) is 54.2 Å². The number of ketones is 1. The lowest BCUT2D eigenvalue weighted by atomic mass is 10.0. The van der Waals surface area contributed by atoms with Crippen LogP contribution in [-0.2, 0) is 11.2 Å². The molecule has 0 saturated carbocycles. The number of Topliss-reactive ketones (excluding diaryl/α,β-unsaturated/α-hetero) is 1. The minimum Gasteiger partial charge on any atom is -0.481 e. The van der Waals surface area contributed by atoms with Crippen LogP contribution in [0.25, 0.3) is 22.5 Å². The maximum atomic E-state index is 13.9. The highest BCUT2D eigenvalue weighted by Crippen LogP contribution is 2.28. The van der Waals surface area contributed by atoms with Crippen molar-refractivity contribution in [3.63, 3.8) is 0 Å². The molecule has 4 rings (SSSR count). The van der Waals surface area contributed by atoms with Crippen molar-refractivity contribution in [2.45, 2.75) is 20.3 Å². The second kappa shape index (κ2) is 8.69. The van der Waals surface area contributed by atoms with Gasteiger partial charge < -0.3 is 15.4 Å². The van der Waals surface area contributed by atoms with Crippen molar-refractivity contribution in [1.29, 1.82) is 0 Å². The summed E-state index contributed by atoms with van der Waals surface area (Å²) in [5, 5.41) is 10.2. The molecule has 3 aromatic rings. The van der Waals surface area contributed by atoms with E-state index in [1.165, 1.54) is 19.1 Å². The number of aromatic amines is 1. The number of carbonyl (C=O) groups excluding carboxylic acids is 2. The summed E-state index contributed by atoms with van der Waals surface area (Å²) < 4.78 is 13.9. The average Bonchev–Trinajstić information content (AvgIpc) is 3.13. The van der Waals surface area contributed by atoms with Gasteiger partial charge in [0.2, 0.25) is 0 Å². The summed E-state index contributed by atoms with van der Waals surface area (Å²) in [5.74, 6) is -1.60. The number of carboxylic acids is 1. The summed E-state index contributed by atoms with van der Waals surface area (Å²) in [5.41, 5.74) is 4.59. The van der Waals surface area contributed by atoms with Crippen LogP contribution in [0, 0.1) is 5.82 Å². The van der Waals surface area contributed by atoms with Gasteiger partial charge >= 0.3 is 0 Å². The molecule has 0 spiro atoms. The minimum absolute atomic E-state index is 0.0840. The third-order valence-corrected chi connectivity index (χ3v) is 4.48. The largest absolute Gasteiger partial charge is 0.481 e. The zero-order chi connectivity index (χ0) is 21.8. The molecule has 0 fully saturated rings. The molecule has 0 atom stereocenters. The first kappa shape index (κ1) is 20.9. The van der Waals surface area contributed by atoms with Crippen LogP contribution in [0.2, 0.25) is 0 Å². The molecule has 2 aromatic heterocycles. The number of aromatic nitrogens is 2. The topological polar surface area (TPSA) is 112 Å². The molecule has 154 valence electrons. The van der Waals surface area contributed by atoms with Gasteiger partial charge in [0.15, 0.2) is 5.78 Å². The summed E-state index contributed by atoms with van der Waals surface area (Å²) >= 11 is 0. The summed E-state index contributed by atoms with van der Waals surface area (Å²) in [4.78, 5) is 40.1. The van der Waals surface area contributed by atoms with Crippen molar-refractivity contribution in [3.8, 4) is 22.5 Å². The summed E-state index contributed by atoms with van der Waals surface area (Å²) in [7, 11) is 0. The normalized spacial score (nSPS) is 12.3. The van der Waals surface area contributed by atoms with Gasteiger partial charge in [0.1, 0.15) is 5.82 Å². The fraction of sp³-hybridized carbons (Fsp3) is 0.182. The summed E-state index contributed by atoms with van der Waals surface area (Å²) in [6.07, 6.45) is 2.38. The summed E-state index contributed by atoms with van der Waals surface area (Å²) in [6.45, 7) is 3.10. The Balaban J connectivity index is 0.000000589. The number of H-pyrrole nitrogens is 1. The van der Waals surface area contributed by atoms with E-state index in [2.05, 4.69) is 15.3 Å². The quantitative estimate of drug-likeness (QED) is 0.574. The zero-order valence-electron chi connectivity index (χ0n) is 16.5. The molecule has 0 bridgehead atoms. The van der Waals surface area contributed by atoms with Crippen molar-refractivity contribution >= 4 is 17.7 Å². The number of amides is 1. The molecule has 0 radical (unpaired) electrons. The Hall–Kier alpha value is -3.81. The van der Waals surface area contributed by atoms with E-state index >= 15 is 0 Å². The molecule has 7 nitrogen and oxygen atoms in total. The number of fused-ring (bicyclic) bond motifs is 1. The van der Waals surface area contributed by atoms with Crippen LogP contribution in [-0.4, -0.2) is 39.3 Å². The number of benzene rings is 1. The molecule has 3 heterocycles. The first-order valence-corrected chi connectivity index (χ1v) is 9.22. The maximum Gasteiger partial charge on any atom is 0.300 e. The van der Waals surface area contributed by atoms with Gasteiger partial charge in [-0.05, 0) is 43.3 Å². The van der Waals surface area contributed by atoms with E-state index in [0.717, 1.165) is 30.3 Å². The average molecular weight is 409 g/mol. The number of nitrogens with one attached hydrogen (secondary N) is 2. The monoisotopic (exact) mass is 409 g/mol. The lowest BCUT2D eigenvalue weighted by Gasteiger charge is -2.11. The van der Waals surface area contributed by atoms with Crippen LogP contribution in [0.1, 0.15) is 40.3 Å². The number of rotatable bonds is 3. The zero-order valence-corrected chi connectivity index (χ0v) is 16.5. The number of hydrogen-bond donors (Lipinski definition) is 3. The standard InChI is InChI=1S/C20H16FN3O2.C2H4O2/c1-11(25)13-6-14(8-15(21)7-13)18-9-12(2-4-22-18)19-10-16-17(24-19)3-5-23-20(16)26;1-2(3)4/h2,4,6-10,24H,3,5H2,1H3,(H,23,26);1H3,(H,3,4). The Kier molecular flexibility index (Phi) is 6.06. The van der Waals surface area contributed by atoms with Crippen molar-refractivity contribution in [1.82, 2.24) is 15.3 Å². The highest BCUT2D eigenvalue weighted by Gasteiger charge is 2.20. The van der Waals surface area contributed by atoms with Gasteiger partial charge in [0.25, 0.3) is 11.9 Å². The number of halogens is 1. The fourth-order valence-corrected chi connectivity index (χ4v) is 3.15. The fourth-order valence-electron chi connectivity index (χ4n) is 3.15. The van der Waals surface area contributed by atoms with Gasteiger partial charge in [-0.25, -0.2) is 4.39 Å².